The van der Waals surface area contributed by atoms with Crippen molar-refractivity contribution in [2.24, 2.45) is 17.6 Å². The van der Waals surface area contributed by atoms with Crippen LogP contribution in [0.4, 0.5) is 0 Å². The van der Waals surface area contributed by atoms with Crippen LogP contribution in [0.3, 0.4) is 0 Å². The van der Waals surface area contributed by atoms with Gasteiger partial charge in [0.15, 0.2) is 0 Å². The van der Waals surface area contributed by atoms with Gasteiger partial charge in [-0.1, -0.05) is 70.3 Å². The van der Waals surface area contributed by atoms with Crippen molar-refractivity contribution in [3.05, 3.63) is 30.1 Å². The van der Waals surface area contributed by atoms with Crippen molar-refractivity contribution < 1.29 is 29.1 Å². The van der Waals surface area contributed by atoms with Crippen LogP contribution < -0.4 is 16.4 Å². The molecule has 3 rings (SSSR count). The van der Waals surface area contributed by atoms with E-state index in [1.807, 2.05) is 0 Å². The number of nitrogens with zero attached hydrogens (tertiary/aromatic N) is 2. The second kappa shape index (κ2) is 15.3. The first-order chi connectivity index (χ1) is 18.8. The molecule has 4 amide bonds. The number of carbonyl (C=O) groups excluding carboxylic acids is 4. The Morgan fingerprint density at radius 3 is 2.08 bits per heavy atom. The van der Waals surface area contributed by atoms with E-state index in [4.69, 9.17) is 5.73 Å². The number of nitrogens with two attached hydrogens (primary N) is 1. The zero-order valence-corrected chi connectivity index (χ0v) is 22.5. The SMILES string of the molecule is N[C@@H](CC1CCCCC1)C(=O)NCC(=O)NCC(=O)N(C(=O)c1ccccn1)[C@@H](CC1CCCCC1)C(=O)O. The van der Waals surface area contributed by atoms with E-state index in [2.05, 4.69) is 15.6 Å². The molecule has 214 valence electrons. The highest BCUT2D eigenvalue weighted by atomic mass is 16.4. The Labute approximate surface area is 229 Å². The lowest BCUT2D eigenvalue weighted by Crippen LogP contribution is -2.53. The molecule has 11 nitrogen and oxygen atoms in total. The fourth-order valence-electron chi connectivity index (χ4n) is 5.61. The summed E-state index contributed by atoms with van der Waals surface area (Å²) in [5, 5.41) is 14.9. The summed E-state index contributed by atoms with van der Waals surface area (Å²) in [6.07, 6.45) is 12.4. The highest BCUT2D eigenvalue weighted by molar-refractivity contribution is 6.07. The van der Waals surface area contributed by atoms with Crippen LogP contribution in [-0.2, 0) is 19.2 Å². The Morgan fingerprint density at radius 1 is 0.897 bits per heavy atom. The van der Waals surface area contributed by atoms with E-state index in [9.17, 15) is 29.1 Å². The molecule has 2 fully saturated rings. The molecule has 1 aromatic heterocycles. The van der Waals surface area contributed by atoms with Gasteiger partial charge in [0.25, 0.3) is 5.91 Å². The van der Waals surface area contributed by atoms with Crippen molar-refractivity contribution in [2.45, 2.75) is 89.1 Å². The highest BCUT2D eigenvalue weighted by Gasteiger charge is 2.37. The molecule has 0 spiro atoms. The molecule has 11 heteroatoms. The third-order valence-electron chi connectivity index (χ3n) is 7.76. The average Bonchev–Trinajstić information content (AvgIpc) is 2.95. The molecular formula is C28H41N5O6. The molecule has 2 saturated carbocycles. The van der Waals surface area contributed by atoms with Gasteiger partial charge < -0.3 is 21.5 Å². The number of carbonyl (C=O) groups is 5. The summed E-state index contributed by atoms with van der Waals surface area (Å²) in [6, 6.07) is 2.49. The molecule has 2 aliphatic carbocycles. The molecule has 0 radical (unpaired) electrons. The lowest BCUT2D eigenvalue weighted by molar-refractivity contribution is -0.148. The molecule has 39 heavy (non-hydrogen) atoms. The lowest BCUT2D eigenvalue weighted by Gasteiger charge is -2.31. The zero-order valence-electron chi connectivity index (χ0n) is 22.5. The number of carboxylic acids is 1. The van der Waals surface area contributed by atoms with E-state index in [0.29, 0.717) is 17.2 Å². The maximum Gasteiger partial charge on any atom is 0.326 e. The van der Waals surface area contributed by atoms with E-state index in [-0.39, 0.29) is 24.6 Å². The van der Waals surface area contributed by atoms with Crippen LogP contribution in [0, 0.1) is 11.8 Å². The molecule has 2 aliphatic rings. The van der Waals surface area contributed by atoms with Gasteiger partial charge in [-0.2, -0.15) is 0 Å². The van der Waals surface area contributed by atoms with Crippen molar-refractivity contribution in [1.29, 1.82) is 0 Å². The Kier molecular flexibility index (Phi) is 11.9. The number of rotatable bonds is 12. The fourth-order valence-corrected chi connectivity index (χ4v) is 5.61. The van der Waals surface area contributed by atoms with Gasteiger partial charge in [0, 0.05) is 6.20 Å². The van der Waals surface area contributed by atoms with Crippen molar-refractivity contribution in [3.8, 4) is 0 Å². The maximum absolute atomic E-state index is 13.3. The quantitative estimate of drug-likeness (QED) is 0.310. The minimum absolute atomic E-state index is 0.0636. The molecule has 5 N–H and O–H groups in total. The van der Waals surface area contributed by atoms with Gasteiger partial charge in [0.2, 0.25) is 17.7 Å². The summed E-state index contributed by atoms with van der Waals surface area (Å²) >= 11 is 0. The van der Waals surface area contributed by atoms with Crippen LogP contribution in [-0.4, -0.2) is 69.8 Å². The smallest absolute Gasteiger partial charge is 0.326 e. The summed E-state index contributed by atoms with van der Waals surface area (Å²) in [5.74, 6) is -3.58. The summed E-state index contributed by atoms with van der Waals surface area (Å²) in [5.41, 5.74) is 5.96. The zero-order chi connectivity index (χ0) is 28.2. The van der Waals surface area contributed by atoms with Gasteiger partial charge in [-0.15, -0.1) is 0 Å². The molecule has 0 aromatic carbocycles. The Bertz CT molecular complexity index is 991. The molecular weight excluding hydrogens is 502 g/mol. The number of aliphatic carboxylic acids is 1. The lowest BCUT2D eigenvalue weighted by atomic mass is 9.84. The van der Waals surface area contributed by atoms with E-state index >= 15 is 0 Å². The largest absolute Gasteiger partial charge is 0.480 e. The minimum atomic E-state index is -1.38. The van der Waals surface area contributed by atoms with E-state index < -0.39 is 48.2 Å². The third-order valence-corrected chi connectivity index (χ3v) is 7.76. The van der Waals surface area contributed by atoms with Gasteiger partial charge in [0.05, 0.1) is 19.1 Å². The van der Waals surface area contributed by atoms with E-state index in [1.54, 1.807) is 12.1 Å². The minimum Gasteiger partial charge on any atom is -0.480 e. The first kappa shape index (κ1) is 30.2. The molecule has 0 unspecified atom stereocenters. The van der Waals surface area contributed by atoms with Crippen LogP contribution in [0.25, 0.3) is 0 Å². The number of aromatic nitrogens is 1. The summed E-state index contributed by atoms with van der Waals surface area (Å²) in [7, 11) is 0. The summed E-state index contributed by atoms with van der Waals surface area (Å²) in [4.78, 5) is 68.2. The van der Waals surface area contributed by atoms with Crippen molar-refractivity contribution >= 4 is 29.6 Å². The van der Waals surface area contributed by atoms with Crippen LogP contribution >= 0.6 is 0 Å². The summed E-state index contributed by atoms with van der Waals surface area (Å²) < 4.78 is 0. The third kappa shape index (κ3) is 9.42. The van der Waals surface area contributed by atoms with Gasteiger partial charge in [0.1, 0.15) is 11.7 Å². The number of pyridine rings is 1. The van der Waals surface area contributed by atoms with Gasteiger partial charge >= 0.3 is 5.97 Å². The number of imide groups is 1. The van der Waals surface area contributed by atoms with Crippen molar-refractivity contribution in [3.63, 3.8) is 0 Å². The first-order valence-corrected chi connectivity index (χ1v) is 14.1. The van der Waals surface area contributed by atoms with Crippen molar-refractivity contribution in [2.75, 3.05) is 13.1 Å². The first-order valence-electron chi connectivity index (χ1n) is 14.1. The van der Waals surface area contributed by atoms with E-state index in [1.165, 1.54) is 18.7 Å². The van der Waals surface area contributed by atoms with Crippen LogP contribution in [0.2, 0.25) is 0 Å². The predicted octanol–water partition coefficient (Wildman–Crippen LogP) is 2.00. The molecule has 0 bridgehead atoms. The standard InChI is InChI=1S/C28H41N5O6/c29-21(15-19-9-3-1-4-10-19)26(36)32-17-24(34)31-18-25(35)33(27(37)22-13-7-8-14-30-22)23(28(38)39)16-20-11-5-2-6-12-20/h7-8,13-14,19-21,23H,1-6,9-12,15-18,29H2,(H,31,34)(H,32,36)(H,38,39)/t21-,23-/m0/s1. The van der Waals surface area contributed by atoms with Gasteiger partial charge in [-0.05, 0) is 36.8 Å². The summed E-state index contributed by atoms with van der Waals surface area (Å²) in [6.45, 7) is -0.987. The van der Waals surface area contributed by atoms with Crippen molar-refractivity contribution in [1.82, 2.24) is 20.5 Å². The Balaban J connectivity index is 1.59. The molecule has 1 heterocycles. The second-order valence-corrected chi connectivity index (χ2v) is 10.7. The molecule has 0 saturated heterocycles. The van der Waals surface area contributed by atoms with Crippen LogP contribution in [0.15, 0.2) is 24.4 Å². The topological polar surface area (TPSA) is 172 Å². The Hall–Kier alpha value is -3.34. The van der Waals surface area contributed by atoms with Gasteiger partial charge in [-0.3, -0.25) is 29.1 Å². The number of amides is 4. The number of hydrogen-bond donors (Lipinski definition) is 4. The number of hydrogen-bond acceptors (Lipinski definition) is 7. The average molecular weight is 544 g/mol. The normalized spacial score (nSPS) is 18.0. The highest BCUT2D eigenvalue weighted by Crippen LogP contribution is 2.29. The predicted molar refractivity (Wildman–Crippen MR) is 143 cm³/mol. The second-order valence-electron chi connectivity index (χ2n) is 10.7. The monoisotopic (exact) mass is 543 g/mol. The fraction of sp³-hybridized carbons (Fsp3) is 0.643. The number of carboxylic acid groups (broad SMARTS) is 1. The number of nitrogens with one attached hydrogen (secondary N) is 2. The Morgan fingerprint density at radius 2 is 1.51 bits per heavy atom. The molecule has 1 aromatic rings. The van der Waals surface area contributed by atoms with Crippen LogP contribution in [0.1, 0.15) is 87.5 Å². The molecule has 2 atom stereocenters. The van der Waals surface area contributed by atoms with Gasteiger partial charge in [-0.25, -0.2) is 4.79 Å². The maximum atomic E-state index is 13.3. The van der Waals surface area contributed by atoms with E-state index in [0.717, 1.165) is 57.8 Å². The molecule has 0 aliphatic heterocycles. The van der Waals surface area contributed by atoms with Crippen LogP contribution in [0.5, 0.6) is 0 Å².